The van der Waals surface area contributed by atoms with Gasteiger partial charge in [0.1, 0.15) is 5.58 Å². The zero-order valence-electron chi connectivity index (χ0n) is 15.2. The van der Waals surface area contributed by atoms with Gasteiger partial charge in [-0.1, -0.05) is 31.2 Å². The summed E-state index contributed by atoms with van der Waals surface area (Å²) in [6, 6.07) is 11.9. The monoisotopic (exact) mass is 386 g/mol. The minimum Gasteiger partial charge on any atom is -0.464 e. The quantitative estimate of drug-likeness (QED) is 0.679. The third-order valence-electron chi connectivity index (χ3n) is 4.57. The number of furan rings is 1. The summed E-state index contributed by atoms with van der Waals surface area (Å²) in [5, 5.41) is 8.95. The normalized spacial score (nSPS) is 12.9. The molecule has 0 radical (unpaired) electrons. The van der Waals surface area contributed by atoms with Crippen molar-refractivity contribution in [2.75, 3.05) is 0 Å². The summed E-state index contributed by atoms with van der Waals surface area (Å²) in [7, 11) is -3.73. The third-order valence-corrected chi connectivity index (χ3v) is 5.49. The molecule has 6 nitrogen and oxygen atoms in total. The Labute approximate surface area is 158 Å². The SMILES string of the molecule is CCc1ccc2c(CC(=O)NC(C)c3ccc(S(N)(=O)=O)cc3)coc2c1. The van der Waals surface area contributed by atoms with Crippen molar-refractivity contribution in [1.29, 1.82) is 0 Å². The van der Waals surface area contributed by atoms with E-state index in [1.165, 1.54) is 17.7 Å². The number of amides is 1. The summed E-state index contributed by atoms with van der Waals surface area (Å²) in [6.07, 6.45) is 2.75. The zero-order valence-corrected chi connectivity index (χ0v) is 16.0. The van der Waals surface area contributed by atoms with Gasteiger partial charge < -0.3 is 9.73 Å². The predicted molar refractivity (Wildman–Crippen MR) is 104 cm³/mol. The second-order valence-corrected chi connectivity index (χ2v) is 8.09. The number of carbonyl (C=O) groups excluding carboxylic acids is 1. The maximum Gasteiger partial charge on any atom is 0.238 e. The number of aryl methyl sites for hydroxylation is 1. The Hall–Kier alpha value is -2.64. The maximum atomic E-state index is 12.4. The number of carbonyl (C=O) groups is 1. The molecule has 1 heterocycles. The smallest absolute Gasteiger partial charge is 0.238 e. The van der Waals surface area contributed by atoms with Crippen molar-refractivity contribution in [1.82, 2.24) is 5.32 Å². The van der Waals surface area contributed by atoms with Crippen LogP contribution in [0.25, 0.3) is 11.0 Å². The number of nitrogens with one attached hydrogen (secondary N) is 1. The van der Waals surface area contributed by atoms with Crippen molar-refractivity contribution in [3.63, 3.8) is 0 Å². The standard InChI is InChI=1S/C20H22N2O4S/c1-3-14-4-9-18-16(12-26-19(18)10-14)11-20(23)22-13(2)15-5-7-17(8-6-15)27(21,24)25/h4-10,12-13H,3,11H2,1-2H3,(H,22,23)(H2,21,24,25). The summed E-state index contributed by atoms with van der Waals surface area (Å²) in [6.45, 7) is 3.92. The molecule has 0 bridgehead atoms. The first-order chi connectivity index (χ1) is 12.8. The molecule has 1 atom stereocenters. The molecule has 0 spiro atoms. The van der Waals surface area contributed by atoms with Crippen LogP contribution in [0.5, 0.6) is 0 Å². The van der Waals surface area contributed by atoms with E-state index in [2.05, 4.69) is 12.2 Å². The Morgan fingerprint density at radius 2 is 1.89 bits per heavy atom. The first kappa shape index (κ1) is 19.1. The van der Waals surface area contributed by atoms with E-state index in [1.54, 1.807) is 18.4 Å². The van der Waals surface area contributed by atoms with Crippen molar-refractivity contribution in [3.05, 3.63) is 65.4 Å². The molecule has 0 aliphatic carbocycles. The topological polar surface area (TPSA) is 102 Å². The van der Waals surface area contributed by atoms with E-state index in [0.29, 0.717) is 0 Å². The molecule has 0 saturated carbocycles. The van der Waals surface area contributed by atoms with Crippen LogP contribution >= 0.6 is 0 Å². The number of rotatable bonds is 6. The molecule has 1 unspecified atom stereocenters. The molecule has 0 saturated heterocycles. The van der Waals surface area contributed by atoms with Crippen LogP contribution < -0.4 is 10.5 Å². The molecule has 0 aliphatic heterocycles. The van der Waals surface area contributed by atoms with E-state index in [-0.39, 0.29) is 23.3 Å². The Balaban J connectivity index is 1.68. The van der Waals surface area contributed by atoms with Gasteiger partial charge in [-0.05, 0) is 42.7 Å². The number of primary sulfonamides is 1. The van der Waals surface area contributed by atoms with Gasteiger partial charge in [0.25, 0.3) is 0 Å². The van der Waals surface area contributed by atoms with Crippen LogP contribution in [0.1, 0.15) is 36.6 Å². The molecule has 7 heteroatoms. The van der Waals surface area contributed by atoms with Gasteiger partial charge in [-0.25, -0.2) is 13.6 Å². The van der Waals surface area contributed by atoms with Crippen molar-refractivity contribution in [2.45, 2.75) is 37.6 Å². The fraction of sp³-hybridized carbons (Fsp3) is 0.250. The Morgan fingerprint density at radius 3 is 2.52 bits per heavy atom. The summed E-state index contributed by atoms with van der Waals surface area (Å²) in [4.78, 5) is 12.5. The zero-order chi connectivity index (χ0) is 19.6. The van der Waals surface area contributed by atoms with Crippen molar-refractivity contribution in [2.24, 2.45) is 5.14 Å². The van der Waals surface area contributed by atoms with E-state index in [9.17, 15) is 13.2 Å². The molecule has 27 heavy (non-hydrogen) atoms. The average Bonchev–Trinajstić information content (AvgIpc) is 3.02. The van der Waals surface area contributed by atoms with Crippen LogP contribution in [-0.2, 0) is 27.7 Å². The highest BCUT2D eigenvalue weighted by Gasteiger charge is 2.15. The molecular weight excluding hydrogens is 364 g/mol. The Morgan fingerprint density at radius 1 is 1.19 bits per heavy atom. The van der Waals surface area contributed by atoms with Gasteiger partial charge in [0.2, 0.25) is 15.9 Å². The van der Waals surface area contributed by atoms with Gasteiger partial charge in [0.05, 0.1) is 23.6 Å². The van der Waals surface area contributed by atoms with Crippen LogP contribution in [-0.4, -0.2) is 14.3 Å². The van der Waals surface area contributed by atoms with E-state index >= 15 is 0 Å². The second kappa shape index (κ2) is 7.54. The lowest BCUT2D eigenvalue weighted by molar-refractivity contribution is -0.121. The fourth-order valence-corrected chi connectivity index (χ4v) is 3.49. The van der Waals surface area contributed by atoms with Crippen molar-refractivity contribution < 1.29 is 17.6 Å². The van der Waals surface area contributed by atoms with Crippen LogP contribution in [0.3, 0.4) is 0 Å². The first-order valence-corrected chi connectivity index (χ1v) is 10.2. The lowest BCUT2D eigenvalue weighted by Gasteiger charge is -2.14. The van der Waals surface area contributed by atoms with Crippen LogP contribution in [0.2, 0.25) is 0 Å². The number of benzene rings is 2. The molecule has 1 aromatic heterocycles. The molecule has 1 amide bonds. The summed E-state index contributed by atoms with van der Waals surface area (Å²) in [5.41, 5.74) is 3.59. The van der Waals surface area contributed by atoms with E-state index < -0.39 is 10.0 Å². The fourth-order valence-electron chi connectivity index (χ4n) is 2.98. The van der Waals surface area contributed by atoms with Crippen LogP contribution in [0.4, 0.5) is 0 Å². The maximum absolute atomic E-state index is 12.4. The van der Waals surface area contributed by atoms with E-state index in [1.807, 2.05) is 25.1 Å². The highest BCUT2D eigenvalue weighted by atomic mass is 32.2. The summed E-state index contributed by atoms with van der Waals surface area (Å²) in [5.74, 6) is -0.139. The highest BCUT2D eigenvalue weighted by Crippen LogP contribution is 2.23. The molecule has 0 aliphatic rings. The lowest BCUT2D eigenvalue weighted by Crippen LogP contribution is -2.28. The summed E-state index contributed by atoms with van der Waals surface area (Å²) >= 11 is 0. The number of fused-ring (bicyclic) bond motifs is 1. The van der Waals surface area contributed by atoms with Gasteiger partial charge in [0, 0.05) is 10.9 Å². The minimum atomic E-state index is -3.73. The molecular formula is C20H22N2O4S. The molecule has 3 N–H and O–H groups in total. The minimum absolute atomic E-state index is 0.0427. The van der Waals surface area contributed by atoms with Crippen LogP contribution in [0, 0.1) is 0 Å². The van der Waals surface area contributed by atoms with Gasteiger partial charge in [-0.2, -0.15) is 0 Å². The Bertz CT molecular complexity index is 1070. The van der Waals surface area contributed by atoms with Crippen molar-refractivity contribution >= 4 is 26.9 Å². The lowest BCUT2D eigenvalue weighted by atomic mass is 10.1. The Kier molecular flexibility index (Phi) is 5.34. The van der Waals surface area contributed by atoms with Gasteiger partial charge >= 0.3 is 0 Å². The highest BCUT2D eigenvalue weighted by molar-refractivity contribution is 7.89. The number of hydrogen-bond donors (Lipinski definition) is 2. The first-order valence-electron chi connectivity index (χ1n) is 8.69. The molecule has 3 rings (SSSR count). The molecule has 0 fully saturated rings. The second-order valence-electron chi connectivity index (χ2n) is 6.53. The van der Waals surface area contributed by atoms with E-state index in [4.69, 9.17) is 9.56 Å². The molecule has 2 aromatic carbocycles. The molecule has 142 valence electrons. The number of hydrogen-bond acceptors (Lipinski definition) is 4. The van der Waals surface area contributed by atoms with Crippen LogP contribution in [0.15, 0.2) is 58.0 Å². The largest absolute Gasteiger partial charge is 0.464 e. The van der Waals surface area contributed by atoms with Crippen molar-refractivity contribution in [3.8, 4) is 0 Å². The average molecular weight is 386 g/mol. The predicted octanol–water partition coefficient (Wildman–Crippen LogP) is 3.06. The summed E-state index contributed by atoms with van der Waals surface area (Å²) < 4.78 is 28.2. The number of sulfonamides is 1. The third kappa shape index (κ3) is 4.37. The van der Waals surface area contributed by atoms with Gasteiger partial charge in [-0.3, -0.25) is 4.79 Å². The van der Waals surface area contributed by atoms with Gasteiger partial charge in [0.15, 0.2) is 0 Å². The number of nitrogens with two attached hydrogens (primary N) is 1. The van der Waals surface area contributed by atoms with E-state index in [0.717, 1.165) is 28.5 Å². The van der Waals surface area contributed by atoms with Gasteiger partial charge in [-0.15, -0.1) is 0 Å². The molecule has 3 aromatic rings.